The van der Waals surface area contributed by atoms with Gasteiger partial charge >= 0.3 is 0 Å². The number of hydrogen-bond acceptors (Lipinski definition) is 3. The van der Waals surface area contributed by atoms with E-state index in [1.807, 2.05) is 6.92 Å². The summed E-state index contributed by atoms with van der Waals surface area (Å²) in [6, 6.07) is 0. The maximum Gasteiger partial charge on any atom is 0.254 e. The predicted molar refractivity (Wildman–Crippen MR) is 62.0 cm³/mol. The summed E-state index contributed by atoms with van der Waals surface area (Å²) in [6.07, 6.45) is 2.60. The zero-order valence-electron chi connectivity index (χ0n) is 10.4. The van der Waals surface area contributed by atoms with Crippen molar-refractivity contribution >= 4 is 11.8 Å². The number of primary amides is 1. The number of carbonyl (C=O) groups is 2. The molecule has 2 fully saturated rings. The highest BCUT2D eigenvalue weighted by Gasteiger charge is 2.49. The Labute approximate surface area is 101 Å². The Kier molecular flexibility index (Phi) is 3.12. The third-order valence-corrected chi connectivity index (χ3v) is 4.21. The van der Waals surface area contributed by atoms with Crippen LogP contribution in [-0.4, -0.2) is 42.5 Å². The van der Waals surface area contributed by atoms with Gasteiger partial charge in [-0.3, -0.25) is 9.59 Å². The van der Waals surface area contributed by atoms with Crippen LogP contribution in [-0.2, 0) is 14.3 Å². The van der Waals surface area contributed by atoms with Crippen LogP contribution in [0.25, 0.3) is 0 Å². The van der Waals surface area contributed by atoms with E-state index >= 15 is 0 Å². The van der Waals surface area contributed by atoms with Crippen molar-refractivity contribution in [2.75, 3.05) is 20.2 Å². The molecule has 96 valence electrons. The Bertz CT molecular complexity index is 333. The van der Waals surface area contributed by atoms with Gasteiger partial charge in [-0.15, -0.1) is 0 Å². The monoisotopic (exact) mass is 240 g/mol. The highest BCUT2D eigenvalue weighted by Crippen LogP contribution is 2.38. The number of likely N-dealkylation sites (tertiary alicyclic amines) is 1. The molecule has 2 amide bonds. The second kappa shape index (κ2) is 4.29. The van der Waals surface area contributed by atoms with E-state index in [1.165, 1.54) is 0 Å². The maximum atomic E-state index is 12.3. The van der Waals surface area contributed by atoms with Gasteiger partial charge in [-0.05, 0) is 25.2 Å². The van der Waals surface area contributed by atoms with Gasteiger partial charge < -0.3 is 15.4 Å². The zero-order valence-corrected chi connectivity index (χ0v) is 10.4. The van der Waals surface area contributed by atoms with E-state index in [9.17, 15) is 9.59 Å². The molecule has 0 radical (unpaired) electrons. The van der Waals surface area contributed by atoms with Gasteiger partial charge in [-0.2, -0.15) is 0 Å². The number of hydrogen-bond donors (Lipinski definition) is 1. The largest absolute Gasteiger partial charge is 0.369 e. The van der Waals surface area contributed by atoms with E-state index in [0.717, 1.165) is 19.3 Å². The summed E-state index contributed by atoms with van der Waals surface area (Å²) in [6.45, 7) is 3.01. The van der Waals surface area contributed by atoms with Crippen LogP contribution < -0.4 is 5.73 Å². The standard InChI is InChI=1S/C12H20N2O3/c1-8-6-14(7-9(8)10(13)15)11(16)12(17-2)4-3-5-12/h8-9H,3-7H2,1-2H3,(H2,13,15)/t8-,9-/m1/s1. The van der Waals surface area contributed by atoms with Gasteiger partial charge in [0.2, 0.25) is 5.91 Å². The van der Waals surface area contributed by atoms with Crippen LogP contribution >= 0.6 is 0 Å². The summed E-state index contributed by atoms with van der Waals surface area (Å²) < 4.78 is 5.37. The molecular weight excluding hydrogens is 220 g/mol. The summed E-state index contributed by atoms with van der Waals surface area (Å²) in [5.74, 6) is -0.354. The number of nitrogens with two attached hydrogens (primary N) is 1. The van der Waals surface area contributed by atoms with Crippen LogP contribution in [0.1, 0.15) is 26.2 Å². The van der Waals surface area contributed by atoms with E-state index < -0.39 is 5.60 Å². The molecule has 0 bridgehead atoms. The molecule has 1 aliphatic carbocycles. The first kappa shape index (κ1) is 12.4. The molecule has 0 aromatic heterocycles. The summed E-state index contributed by atoms with van der Waals surface area (Å²) in [7, 11) is 1.59. The molecule has 2 aliphatic rings. The van der Waals surface area contributed by atoms with Crippen LogP contribution in [0.2, 0.25) is 0 Å². The van der Waals surface area contributed by atoms with E-state index in [4.69, 9.17) is 10.5 Å². The Morgan fingerprint density at radius 2 is 2.00 bits per heavy atom. The lowest BCUT2D eigenvalue weighted by Crippen LogP contribution is -2.54. The molecule has 0 unspecified atom stereocenters. The minimum absolute atomic E-state index is 0.0295. The third-order valence-electron chi connectivity index (χ3n) is 4.21. The number of carbonyl (C=O) groups excluding carboxylic acids is 2. The van der Waals surface area contributed by atoms with Crippen molar-refractivity contribution in [3.8, 4) is 0 Å². The van der Waals surface area contributed by atoms with Crippen molar-refractivity contribution in [2.24, 2.45) is 17.6 Å². The van der Waals surface area contributed by atoms with Crippen LogP contribution in [0.5, 0.6) is 0 Å². The molecule has 2 atom stereocenters. The normalized spacial score (nSPS) is 31.1. The molecule has 5 nitrogen and oxygen atoms in total. The second-order valence-corrected chi connectivity index (χ2v) is 5.25. The molecule has 17 heavy (non-hydrogen) atoms. The Morgan fingerprint density at radius 3 is 2.35 bits per heavy atom. The van der Waals surface area contributed by atoms with E-state index in [0.29, 0.717) is 13.1 Å². The lowest BCUT2D eigenvalue weighted by Gasteiger charge is -2.41. The van der Waals surface area contributed by atoms with Crippen LogP contribution in [0.3, 0.4) is 0 Å². The van der Waals surface area contributed by atoms with E-state index in [1.54, 1.807) is 12.0 Å². The Balaban J connectivity index is 2.05. The number of methoxy groups -OCH3 is 1. The highest BCUT2D eigenvalue weighted by molar-refractivity contribution is 5.88. The van der Waals surface area contributed by atoms with Gasteiger partial charge in [0.15, 0.2) is 0 Å². The van der Waals surface area contributed by atoms with Crippen LogP contribution in [0.15, 0.2) is 0 Å². The van der Waals surface area contributed by atoms with Crippen molar-refractivity contribution in [2.45, 2.75) is 31.8 Å². The van der Waals surface area contributed by atoms with E-state index in [2.05, 4.69) is 0 Å². The Morgan fingerprint density at radius 1 is 1.35 bits per heavy atom. The lowest BCUT2D eigenvalue weighted by atomic mass is 9.79. The average Bonchev–Trinajstić information content (AvgIpc) is 2.59. The topological polar surface area (TPSA) is 72.6 Å². The smallest absolute Gasteiger partial charge is 0.254 e. The van der Waals surface area contributed by atoms with Crippen LogP contribution in [0, 0.1) is 11.8 Å². The van der Waals surface area contributed by atoms with Crippen molar-refractivity contribution in [1.82, 2.24) is 4.90 Å². The van der Waals surface area contributed by atoms with Gasteiger partial charge in [0, 0.05) is 20.2 Å². The first-order chi connectivity index (χ1) is 8.00. The Hall–Kier alpha value is -1.10. The van der Waals surface area contributed by atoms with Crippen molar-refractivity contribution in [3.63, 3.8) is 0 Å². The molecule has 1 heterocycles. The van der Waals surface area contributed by atoms with Crippen LogP contribution in [0.4, 0.5) is 0 Å². The highest BCUT2D eigenvalue weighted by atomic mass is 16.5. The number of ether oxygens (including phenoxy) is 1. The minimum Gasteiger partial charge on any atom is -0.369 e. The quantitative estimate of drug-likeness (QED) is 0.762. The summed E-state index contributed by atoms with van der Waals surface area (Å²) >= 11 is 0. The molecule has 0 aromatic carbocycles. The fourth-order valence-electron chi connectivity index (χ4n) is 2.79. The van der Waals surface area contributed by atoms with Gasteiger partial charge in [0.25, 0.3) is 5.91 Å². The molecule has 1 aliphatic heterocycles. The molecule has 0 aromatic rings. The minimum atomic E-state index is -0.619. The average molecular weight is 240 g/mol. The van der Waals surface area contributed by atoms with Crippen molar-refractivity contribution in [3.05, 3.63) is 0 Å². The number of amides is 2. The summed E-state index contributed by atoms with van der Waals surface area (Å²) in [5, 5.41) is 0. The molecule has 2 N–H and O–H groups in total. The number of rotatable bonds is 3. The maximum absolute atomic E-state index is 12.3. The fraction of sp³-hybridized carbons (Fsp3) is 0.833. The fourth-order valence-corrected chi connectivity index (χ4v) is 2.79. The van der Waals surface area contributed by atoms with Gasteiger partial charge in [-0.25, -0.2) is 0 Å². The van der Waals surface area contributed by atoms with E-state index in [-0.39, 0.29) is 23.7 Å². The summed E-state index contributed by atoms with van der Waals surface area (Å²) in [5.41, 5.74) is 4.71. The molecule has 1 saturated carbocycles. The second-order valence-electron chi connectivity index (χ2n) is 5.25. The predicted octanol–water partition coefficient (Wildman–Crippen LogP) is 0.135. The van der Waals surface area contributed by atoms with Gasteiger partial charge in [-0.1, -0.05) is 6.92 Å². The molecular formula is C12H20N2O3. The molecule has 1 saturated heterocycles. The molecule has 2 rings (SSSR count). The SMILES string of the molecule is COC1(C(=O)N2C[C@@H](C)[C@H](C(N)=O)C2)CCC1. The van der Waals surface area contributed by atoms with Gasteiger partial charge in [0.05, 0.1) is 5.92 Å². The lowest BCUT2D eigenvalue weighted by molar-refractivity contribution is -0.165. The van der Waals surface area contributed by atoms with Crippen molar-refractivity contribution in [1.29, 1.82) is 0 Å². The first-order valence-corrected chi connectivity index (χ1v) is 6.14. The molecule has 0 spiro atoms. The number of nitrogens with zero attached hydrogens (tertiary/aromatic N) is 1. The zero-order chi connectivity index (χ0) is 12.6. The third kappa shape index (κ3) is 1.92. The summed E-state index contributed by atoms with van der Waals surface area (Å²) in [4.78, 5) is 25.3. The van der Waals surface area contributed by atoms with Crippen molar-refractivity contribution < 1.29 is 14.3 Å². The molecule has 5 heteroatoms. The van der Waals surface area contributed by atoms with Gasteiger partial charge in [0.1, 0.15) is 5.60 Å². The first-order valence-electron chi connectivity index (χ1n) is 6.14.